The standard InChI is InChI=1S/C26H34N4O5/c1-17-8-12-19(13-9-17)21(31)28-20-14-10-18(11-15-20)16-27-22(29-23(32)34-25(2,3)4)30-24(33)35-26(5,6)7/h8-15H,16H2,1-7H3,(H,28,31)(H2,27,29,30,32,33). The van der Waals surface area contributed by atoms with E-state index in [2.05, 4.69) is 20.9 Å². The molecule has 0 aromatic heterocycles. The van der Waals surface area contributed by atoms with Crippen molar-refractivity contribution < 1.29 is 23.9 Å². The van der Waals surface area contributed by atoms with Gasteiger partial charge < -0.3 is 14.8 Å². The van der Waals surface area contributed by atoms with Gasteiger partial charge in [-0.3, -0.25) is 15.4 Å². The fraction of sp³-hybridized carbons (Fsp3) is 0.385. The monoisotopic (exact) mass is 482 g/mol. The number of aryl methyl sites for hydroxylation is 1. The van der Waals surface area contributed by atoms with Crippen LogP contribution in [0.5, 0.6) is 0 Å². The third-order valence-corrected chi connectivity index (χ3v) is 4.18. The molecule has 188 valence electrons. The summed E-state index contributed by atoms with van der Waals surface area (Å²) >= 11 is 0. The van der Waals surface area contributed by atoms with E-state index in [0.717, 1.165) is 11.1 Å². The van der Waals surface area contributed by atoms with Crippen LogP contribution in [-0.4, -0.2) is 35.3 Å². The Morgan fingerprint density at radius 3 is 1.71 bits per heavy atom. The normalized spacial score (nSPS) is 11.2. The first-order chi connectivity index (χ1) is 16.2. The summed E-state index contributed by atoms with van der Waals surface area (Å²) in [6.07, 6.45) is -1.53. The van der Waals surface area contributed by atoms with Crippen molar-refractivity contribution >= 4 is 29.7 Å². The Bertz CT molecular complexity index is 1030. The molecule has 0 spiro atoms. The molecule has 2 aromatic rings. The number of ether oxygens (including phenoxy) is 2. The van der Waals surface area contributed by atoms with E-state index in [1.54, 1.807) is 77.9 Å². The predicted octanol–water partition coefficient (Wildman–Crippen LogP) is 5.15. The highest BCUT2D eigenvalue weighted by molar-refractivity contribution is 6.04. The van der Waals surface area contributed by atoms with Gasteiger partial charge in [-0.25, -0.2) is 14.6 Å². The lowest BCUT2D eigenvalue weighted by Gasteiger charge is -2.22. The second-order valence-electron chi connectivity index (χ2n) is 9.94. The molecule has 0 bridgehead atoms. The number of carbonyl (C=O) groups excluding carboxylic acids is 3. The zero-order valence-corrected chi connectivity index (χ0v) is 21.3. The number of nitrogens with one attached hydrogen (secondary N) is 3. The van der Waals surface area contributed by atoms with Crippen LogP contribution in [-0.2, 0) is 16.0 Å². The van der Waals surface area contributed by atoms with E-state index in [0.29, 0.717) is 11.3 Å². The zero-order valence-electron chi connectivity index (χ0n) is 21.3. The Hall–Kier alpha value is -3.88. The van der Waals surface area contributed by atoms with Crippen molar-refractivity contribution in [1.29, 1.82) is 0 Å². The van der Waals surface area contributed by atoms with Gasteiger partial charge in [-0.15, -0.1) is 0 Å². The molecule has 9 heteroatoms. The number of hydrogen-bond donors (Lipinski definition) is 3. The second kappa shape index (κ2) is 11.5. The van der Waals surface area contributed by atoms with Crippen LogP contribution in [0.25, 0.3) is 0 Å². The minimum Gasteiger partial charge on any atom is -0.444 e. The molecule has 0 aliphatic heterocycles. The topological polar surface area (TPSA) is 118 Å². The van der Waals surface area contributed by atoms with Crippen molar-refractivity contribution in [3.8, 4) is 0 Å². The van der Waals surface area contributed by atoms with E-state index in [9.17, 15) is 14.4 Å². The number of nitrogens with zero attached hydrogens (tertiary/aromatic N) is 1. The summed E-state index contributed by atoms with van der Waals surface area (Å²) in [5.41, 5.74) is 1.61. The van der Waals surface area contributed by atoms with Gasteiger partial charge in [0.2, 0.25) is 5.96 Å². The van der Waals surface area contributed by atoms with Crippen molar-refractivity contribution in [2.24, 2.45) is 4.99 Å². The van der Waals surface area contributed by atoms with Gasteiger partial charge in [0.15, 0.2) is 0 Å². The third-order valence-electron chi connectivity index (χ3n) is 4.18. The number of benzene rings is 2. The number of aliphatic imine (C=N–C) groups is 1. The molecule has 0 radical (unpaired) electrons. The second-order valence-corrected chi connectivity index (χ2v) is 9.94. The summed E-state index contributed by atoms with van der Waals surface area (Å²) in [6.45, 7) is 12.5. The lowest BCUT2D eigenvalue weighted by Crippen LogP contribution is -2.47. The highest BCUT2D eigenvalue weighted by atomic mass is 16.6. The summed E-state index contributed by atoms with van der Waals surface area (Å²) in [7, 11) is 0. The highest BCUT2D eigenvalue weighted by Crippen LogP contribution is 2.13. The van der Waals surface area contributed by atoms with Gasteiger partial charge in [0.25, 0.3) is 5.91 Å². The fourth-order valence-corrected chi connectivity index (χ4v) is 2.68. The molecule has 9 nitrogen and oxygen atoms in total. The van der Waals surface area contributed by atoms with Crippen LogP contribution in [0, 0.1) is 6.92 Å². The SMILES string of the molecule is Cc1ccc(C(=O)Nc2ccc(CN=C(NC(=O)OC(C)(C)C)NC(=O)OC(C)(C)C)cc2)cc1. The van der Waals surface area contributed by atoms with E-state index in [4.69, 9.17) is 9.47 Å². The summed E-state index contributed by atoms with van der Waals surface area (Å²) < 4.78 is 10.5. The smallest absolute Gasteiger partial charge is 0.414 e. The van der Waals surface area contributed by atoms with Crippen LogP contribution in [0.3, 0.4) is 0 Å². The van der Waals surface area contributed by atoms with Gasteiger partial charge in [0, 0.05) is 11.3 Å². The molecule has 2 aromatic carbocycles. The van der Waals surface area contributed by atoms with Gasteiger partial charge in [-0.05, 0) is 78.3 Å². The van der Waals surface area contributed by atoms with E-state index < -0.39 is 23.4 Å². The van der Waals surface area contributed by atoms with E-state index in [-0.39, 0.29) is 18.4 Å². The van der Waals surface area contributed by atoms with Crippen molar-refractivity contribution in [2.75, 3.05) is 5.32 Å². The van der Waals surface area contributed by atoms with Gasteiger partial charge in [-0.1, -0.05) is 29.8 Å². The van der Waals surface area contributed by atoms with Crippen LogP contribution in [0.2, 0.25) is 0 Å². The molecule has 0 heterocycles. The Labute approximate surface area is 206 Å². The molecule has 0 unspecified atom stereocenters. The highest BCUT2D eigenvalue weighted by Gasteiger charge is 2.21. The van der Waals surface area contributed by atoms with E-state index in [1.165, 1.54) is 0 Å². The molecule has 35 heavy (non-hydrogen) atoms. The summed E-state index contributed by atoms with van der Waals surface area (Å²) in [5.74, 6) is -0.313. The summed E-state index contributed by atoms with van der Waals surface area (Å²) in [4.78, 5) is 41.0. The number of amides is 3. The largest absolute Gasteiger partial charge is 0.444 e. The Kier molecular flexibility index (Phi) is 8.99. The molecule has 0 aliphatic rings. The Balaban J connectivity index is 2.07. The molecular formula is C26H34N4O5. The number of anilines is 1. The minimum absolute atomic E-state index is 0.106. The summed E-state index contributed by atoms with van der Waals surface area (Å²) in [6, 6.07) is 14.4. The molecule has 0 saturated carbocycles. The minimum atomic E-state index is -0.763. The number of guanidine groups is 1. The predicted molar refractivity (Wildman–Crippen MR) is 135 cm³/mol. The van der Waals surface area contributed by atoms with Crippen LogP contribution in [0.4, 0.5) is 15.3 Å². The first-order valence-electron chi connectivity index (χ1n) is 11.2. The average Bonchev–Trinajstić information content (AvgIpc) is 2.70. The molecule has 0 fully saturated rings. The quantitative estimate of drug-likeness (QED) is 0.411. The maximum absolute atomic E-state index is 12.4. The zero-order chi connectivity index (χ0) is 26.2. The molecule has 0 saturated heterocycles. The van der Waals surface area contributed by atoms with E-state index >= 15 is 0 Å². The average molecular weight is 483 g/mol. The number of rotatable bonds is 4. The maximum atomic E-state index is 12.4. The fourth-order valence-electron chi connectivity index (χ4n) is 2.68. The van der Waals surface area contributed by atoms with Crippen LogP contribution in [0.1, 0.15) is 63.0 Å². The molecular weight excluding hydrogens is 448 g/mol. The van der Waals surface area contributed by atoms with Gasteiger partial charge in [0.1, 0.15) is 11.2 Å². The van der Waals surface area contributed by atoms with Gasteiger partial charge in [0.05, 0.1) is 6.54 Å². The van der Waals surface area contributed by atoms with E-state index in [1.807, 2.05) is 19.1 Å². The number of alkyl carbamates (subject to hydrolysis) is 2. The lowest BCUT2D eigenvalue weighted by molar-refractivity contribution is 0.0544. The van der Waals surface area contributed by atoms with Gasteiger partial charge in [-0.2, -0.15) is 0 Å². The molecule has 0 atom stereocenters. The van der Waals surface area contributed by atoms with Crippen molar-refractivity contribution in [3.63, 3.8) is 0 Å². The van der Waals surface area contributed by atoms with Crippen LogP contribution >= 0.6 is 0 Å². The first kappa shape index (κ1) is 27.4. The Morgan fingerprint density at radius 2 is 1.26 bits per heavy atom. The van der Waals surface area contributed by atoms with Crippen LogP contribution < -0.4 is 16.0 Å². The summed E-state index contributed by atoms with van der Waals surface area (Å²) in [5, 5.41) is 7.72. The van der Waals surface area contributed by atoms with Gasteiger partial charge >= 0.3 is 12.2 Å². The third kappa shape index (κ3) is 10.7. The lowest BCUT2D eigenvalue weighted by atomic mass is 10.1. The van der Waals surface area contributed by atoms with Crippen molar-refractivity contribution in [1.82, 2.24) is 10.6 Å². The molecule has 3 amide bonds. The molecule has 0 aliphatic carbocycles. The van der Waals surface area contributed by atoms with Crippen LogP contribution in [0.15, 0.2) is 53.5 Å². The number of carbonyl (C=O) groups is 3. The maximum Gasteiger partial charge on any atom is 0.414 e. The molecule has 2 rings (SSSR count). The first-order valence-corrected chi connectivity index (χ1v) is 11.2. The van der Waals surface area contributed by atoms with Crippen molar-refractivity contribution in [2.45, 2.75) is 66.2 Å². The number of hydrogen-bond acceptors (Lipinski definition) is 6. The molecule has 3 N–H and O–H groups in total. The van der Waals surface area contributed by atoms with Crippen molar-refractivity contribution in [3.05, 3.63) is 65.2 Å². The Morgan fingerprint density at radius 1 is 0.771 bits per heavy atom.